The van der Waals surface area contributed by atoms with E-state index in [0.29, 0.717) is 33.4 Å². The smallest absolute Gasteiger partial charge is 0.259 e. The van der Waals surface area contributed by atoms with E-state index in [9.17, 15) is 4.79 Å². The number of nitrogens with zero attached hydrogens (tertiary/aromatic N) is 2. The molecule has 3 aromatic rings. The van der Waals surface area contributed by atoms with Gasteiger partial charge in [-0.15, -0.1) is 0 Å². The molecule has 0 aliphatic rings. The van der Waals surface area contributed by atoms with Crippen LogP contribution in [0.5, 0.6) is 0 Å². The third kappa shape index (κ3) is 3.46. The van der Waals surface area contributed by atoms with Gasteiger partial charge < -0.3 is 9.84 Å². The lowest BCUT2D eigenvalue weighted by Crippen LogP contribution is -2.30. The third-order valence-electron chi connectivity index (χ3n) is 3.33. The Labute approximate surface area is 144 Å². The Morgan fingerprint density at radius 1 is 1.17 bits per heavy atom. The van der Waals surface area contributed by atoms with Gasteiger partial charge in [-0.25, -0.2) is 0 Å². The highest BCUT2D eigenvalue weighted by Crippen LogP contribution is 2.28. The third-order valence-corrected chi connectivity index (χ3v) is 3.66. The van der Waals surface area contributed by atoms with Gasteiger partial charge in [0, 0.05) is 17.2 Å². The molecule has 0 aliphatic heterocycles. The first-order valence-corrected chi connectivity index (χ1v) is 7.92. The number of halogens is 1. The van der Waals surface area contributed by atoms with Gasteiger partial charge in [0.2, 0.25) is 5.82 Å². The number of rotatable bonds is 4. The van der Waals surface area contributed by atoms with Crippen molar-refractivity contribution in [2.24, 2.45) is 0 Å². The molecule has 1 heterocycles. The molecule has 0 atom stereocenters. The van der Waals surface area contributed by atoms with Gasteiger partial charge in [-0.1, -0.05) is 41.0 Å². The van der Waals surface area contributed by atoms with Gasteiger partial charge in [0.1, 0.15) is 0 Å². The summed E-state index contributed by atoms with van der Waals surface area (Å²) in [6, 6.07) is 14.4. The van der Waals surface area contributed by atoms with Crippen LogP contribution in [-0.4, -0.2) is 22.1 Å². The first kappa shape index (κ1) is 16.2. The van der Waals surface area contributed by atoms with Crippen molar-refractivity contribution < 1.29 is 9.32 Å². The van der Waals surface area contributed by atoms with E-state index in [4.69, 9.17) is 16.1 Å². The largest absolute Gasteiger partial charge is 0.350 e. The number of benzene rings is 2. The normalized spacial score (nSPS) is 10.8. The van der Waals surface area contributed by atoms with E-state index >= 15 is 0 Å². The molecular weight excluding hydrogens is 326 g/mol. The molecule has 24 heavy (non-hydrogen) atoms. The van der Waals surface area contributed by atoms with Crippen molar-refractivity contribution in [1.29, 1.82) is 0 Å². The van der Waals surface area contributed by atoms with E-state index in [-0.39, 0.29) is 11.9 Å². The second-order valence-electron chi connectivity index (χ2n) is 5.61. The highest BCUT2D eigenvalue weighted by atomic mass is 35.5. The van der Waals surface area contributed by atoms with Crippen molar-refractivity contribution in [1.82, 2.24) is 15.5 Å². The summed E-state index contributed by atoms with van der Waals surface area (Å²) < 4.78 is 5.30. The van der Waals surface area contributed by atoms with Crippen LogP contribution < -0.4 is 5.32 Å². The van der Waals surface area contributed by atoms with Gasteiger partial charge in [0.25, 0.3) is 11.8 Å². The van der Waals surface area contributed by atoms with Crippen LogP contribution in [0.2, 0.25) is 5.02 Å². The molecule has 0 spiro atoms. The molecule has 0 radical (unpaired) electrons. The van der Waals surface area contributed by atoms with Crippen molar-refractivity contribution in [2.75, 3.05) is 0 Å². The minimum absolute atomic E-state index is 0.0677. The van der Waals surface area contributed by atoms with Crippen LogP contribution in [-0.2, 0) is 0 Å². The van der Waals surface area contributed by atoms with Crippen LogP contribution in [0.4, 0.5) is 0 Å². The fraction of sp³-hybridized carbons (Fsp3) is 0.167. The molecule has 0 fully saturated rings. The van der Waals surface area contributed by atoms with Crippen molar-refractivity contribution >= 4 is 17.5 Å². The summed E-state index contributed by atoms with van der Waals surface area (Å²) in [5, 5.41) is 7.38. The molecule has 0 saturated carbocycles. The van der Waals surface area contributed by atoms with E-state index in [1.165, 1.54) is 0 Å². The zero-order valence-corrected chi connectivity index (χ0v) is 14.0. The summed E-state index contributed by atoms with van der Waals surface area (Å²) in [4.78, 5) is 16.5. The van der Waals surface area contributed by atoms with E-state index in [1.807, 2.05) is 38.1 Å². The monoisotopic (exact) mass is 341 g/mol. The Hall–Kier alpha value is -2.66. The van der Waals surface area contributed by atoms with E-state index in [2.05, 4.69) is 15.5 Å². The Morgan fingerprint density at radius 2 is 1.96 bits per heavy atom. The number of carbonyl (C=O) groups is 1. The molecular formula is C18H16ClN3O2. The average Bonchev–Trinajstić information content (AvgIpc) is 3.04. The summed E-state index contributed by atoms with van der Waals surface area (Å²) >= 11 is 6.15. The summed E-state index contributed by atoms with van der Waals surface area (Å²) in [5.41, 5.74) is 1.92. The Bertz CT molecular complexity index is 874. The number of carbonyl (C=O) groups excluding carboxylic acids is 1. The quantitative estimate of drug-likeness (QED) is 0.772. The molecule has 3 rings (SSSR count). The zero-order valence-electron chi connectivity index (χ0n) is 13.3. The molecule has 1 aromatic heterocycles. The Balaban J connectivity index is 1.91. The minimum Gasteiger partial charge on any atom is -0.350 e. The molecule has 0 bridgehead atoms. The van der Waals surface area contributed by atoms with Crippen LogP contribution in [0, 0.1) is 0 Å². The zero-order chi connectivity index (χ0) is 17.1. The minimum atomic E-state index is -0.137. The maximum atomic E-state index is 12.1. The highest BCUT2D eigenvalue weighted by molar-refractivity contribution is 6.33. The van der Waals surface area contributed by atoms with Gasteiger partial charge in [-0.2, -0.15) is 4.98 Å². The molecule has 0 aliphatic carbocycles. The summed E-state index contributed by atoms with van der Waals surface area (Å²) in [6.07, 6.45) is 0. The molecule has 122 valence electrons. The van der Waals surface area contributed by atoms with E-state index in [1.54, 1.807) is 24.3 Å². The molecule has 1 amide bonds. The second kappa shape index (κ2) is 6.84. The lowest BCUT2D eigenvalue weighted by Gasteiger charge is -2.08. The summed E-state index contributed by atoms with van der Waals surface area (Å²) in [5.74, 6) is 0.610. The standard InChI is InChI=1S/C18H16ClN3O2/c1-11(2)20-17(23)13-7-5-6-12(10-13)16-21-18(24-22-16)14-8-3-4-9-15(14)19/h3-11H,1-2H3,(H,20,23). The van der Waals surface area contributed by atoms with Gasteiger partial charge in [-0.05, 0) is 38.1 Å². The molecule has 1 N–H and O–H groups in total. The van der Waals surface area contributed by atoms with Crippen LogP contribution in [0.1, 0.15) is 24.2 Å². The summed E-state index contributed by atoms with van der Waals surface area (Å²) in [6.45, 7) is 3.83. The Morgan fingerprint density at radius 3 is 2.71 bits per heavy atom. The van der Waals surface area contributed by atoms with Crippen LogP contribution in [0.15, 0.2) is 53.1 Å². The lowest BCUT2D eigenvalue weighted by atomic mass is 10.1. The van der Waals surface area contributed by atoms with Crippen LogP contribution in [0.25, 0.3) is 22.8 Å². The SMILES string of the molecule is CC(C)NC(=O)c1cccc(-c2noc(-c3ccccc3Cl)n2)c1. The van der Waals surface area contributed by atoms with Crippen LogP contribution in [0.3, 0.4) is 0 Å². The fourth-order valence-corrected chi connectivity index (χ4v) is 2.45. The lowest BCUT2D eigenvalue weighted by molar-refractivity contribution is 0.0943. The first-order chi connectivity index (χ1) is 11.5. The first-order valence-electron chi connectivity index (χ1n) is 7.54. The molecule has 6 heteroatoms. The van der Waals surface area contributed by atoms with Gasteiger partial charge >= 0.3 is 0 Å². The van der Waals surface area contributed by atoms with Crippen molar-refractivity contribution in [3.63, 3.8) is 0 Å². The summed E-state index contributed by atoms with van der Waals surface area (Å²) in [7, 11) is 0. The maximum absolute atomic E-state index is 12.1. The van der Waals surface area contributed by atoms with Crippen molar-refractivity contribution in [3.8, 4) is 22.8 Å². The molecule has 2 aromatic carbocycles. The number of hydrogen-bond donors (Lipinski definition) is 1. The molecule has 0 unspecified atom stereocenters. The maximum Gasteiger partial charge on any atom is 0.259 e. The number of aromatic nitrogens is 2. The fourth-order valence-electron chi connectivity index (χ4n) is 2.23. The average molecular weight is 342 g/mol. The molecule has 0 saturated heterocycles. The van der Waals surface area contributed by atoms with Gasteiger partial charge in [0.05, 0.1) is 10.6 Å². The van der Waals surface area contributed by atoms with Crippen LogP contribution >= 0.6 is 11.6 Å². The van der Waals surface area contributed by atoms with Crippen molar-refractivity contribution in [2.45, 2.75) is 19.9 Å². The molecule has 5 nitrogen and oxygen atoms in total. The topological polar surface area (TPSA) is 68.0 Å². The van der Waals surface area contributed by atoms with Gasteiger partial charge in [-0.3, -0.25) is 4.79 Å². The number of hydrogen-bond acceptors (Lipinski definition) is 4. The van der Waals surface area contributed by atoms with E-state index < -0.39 is 0 Å². The predicted molar refractivity (Wildman–Crippen MR) is 92.8 cm³/mol. The van der Waals surface area contributed by atoms with Gasteiger partial charge in [0.15, 0.2) is 0 Å². The predicted octanol–water partition coefficient (Wildman–Crippen LogP) is 4.20. The highest BCUT2D eigenvalue weighted by Gasteiger charge is 2.14. The van der Waals surface area contributed by atoms with E-state index in [0.717, 1.165) is 0 Å². The van der Waals surface area contributed by atoms with Crippen molar-refractivity contribution in [3.05, 3.63) is 59.1 Å². The number of amides is 1. The Kier molecular flexibility index (Phi) is 4.62. The second-order valence-corrected chi connectivity index (χ2v) is 6.02. The number of nitrogens with one attached hydrogen (secondary N) is 1.